The van der Waals surface area contributed by atoms with Crippen molar-refractivity contribution in [2.24, 2.45) is 5.92 Å². The van der Waals surface area contributed by atoms with Crippen molar-refractivity contribution < 1.29 is 22.7 Å². The zero-order valence-corrected chi connectivity index (χ0v) is 22.3. The van der Waals surface area contributed by atoms with Crippen LogP contribution >= 0.6 is 11.3 Å². The highest BCUT2D eigenvalue weighted by Crippen LogP contribution is 2.33. The van der Waals surface area contributed by atoms with Gasteiger partial charge in [0, 0.05) is 56.7 Å². The van der Waals surface area contributed by atoms with Gasteiger partial charge >= 0.3 is 6.09 Å². The minimum atomic E-state index is -3.29. The first kappa shape index (κ1) is 25.3. The number of fused-ring (bicyclic) bond motifs is 1. The van der Waals surface area contributed by atoms with E-state index in [1.165, 1.54) is 24.1 Å². The van der Waals surface area contributed by atoms with Crippen molar-refractivity contribution in [3.8, 4) is 10.8 Å². The molecule has 1 aliphatic carbocycles. The van der Waals surface area contributed by atoms with Crippen LogP contribution in [0.4, 0.5) is 10.6 Å². The van der Waals surface area contributed by atoms with Gasteiger partial charge in [-0.2, -0.15) is 0 Å². The number of carbonyl (C=O) groups is 1. The number of carbonyl (C=O) groups excluding carboxylic acids is 1. The minimum absolute atomic E-state index is 0.107. The maximum absolute atomic E-state index is 12.2. The Labute approximate surface area is 216 Å². The van der Waals surface area contributed by atoms with Crippen LogP contribution in [0, 0.1) is 5.92 Å². The average molecular weight is 535 g/mol. The first-order valence-electron chi connectivity index (χ1n) is 12.7. The highest BCUT2D eigenvalue weighted by atomic mass is 32.2. The van der Waals surface area contributed by atoms with E-state index in [0.717, 1.165) is 101 Å². The van der Waals surface area contributed by atoms with Gasteiger partial charge in [-0.25, -0.2) is 18.2 Å². The highest BCUT2D eigenvalue weighted by molar-refractivity contribution is 7.92. The van der Waals surface area contributed by atoms with E-state index in [4.69, 9.17) is 9.47 Å². The van der Waals surface area contributed by atoms with Crippen LogP contribution in [0.2, 0.25) is 0 Å². The molecule has 4 heterocycles. The van der Waals surface area contributed by atoms with Crippen molar-refractivity contribution in [3.63, 3.8) is 0 Å². The fourth-order valence-electron chi connectivity index (χ4n) is 5.36. The number of aromatic nitrogens is 1. The van der Waals surface area contributed by atoms with Crippen LogP contribution in [-0.2, 0) is 16.3 Å². The molecule has 3 aliphatic rings. The van der Waals surface area contributed by atoms with Gasteiger partial charge in [0.15, 0.2) is 14.9 Å². The highest BCUT2D eigenvalue weighted by Gasteiger charge is 2.27. The van der Waals surface area contributed by atoms with E-state index in [1.54, 1.807) is 0 Å². The predicted octanol–water partition coefficient (Wildman–Crippen LogP) is 3.34. The summed E-state index contributed by atoms with van der Waals surface area (Å²) in [6, 6.07) is 5.06. The second-order valence-electron chi connectivity index (χ2n) is 9.92. The Morgan fingerprint density at radius 2 is 1.94 bits per heavy atom. The summed E-state index contributed by atoms with van der Waals surface area (Å²) in [6.45, 7) is 5.98. The Morgan fingerprint density at radius 3 is 2.67 bits per heavy atom. The van der Waals surface area contributed by atoms with Gasteiger partial charge in [0.2, 0.25) is 0 Å². The van der Waals surface area contributed by atoms with Crippen LogP contribution in [0.3, 0.4) is 0 Å². The van der Waals surface area contributed by atoms with Crippen LogP contribution in [0.1, 0.15) is 37.7 Å². The number of ether oxygens (including phenoxy) is 2. The SMILES string of the molecule is CS(=O)(=O)c1ccc(OC(=O)N[C@H]2CC[C@H](CCN3CCN(c4nccc5c4CCO5)CC3)CC2)s1. The van der Waals surface area contributed by atoms with Gasteiger partial charge in [-0.1, -0.05) is 11.3 Å². The third-order valence-electron chi connectivity index (χ3n) is 7.41. The summed E-state index contributed by atoms with van der Waals surface area (Å²) in [4.78, 5) is 21.9. The van der Waals surface area contributed by atoms with Gasteiger partial charge in [0.05, 0.1) is 6.61 Å². The molecule has 2 aliphatic heterocycles. The Kier molecular flexibility index (Phi) is 7.68. The van der Waals surface area contributed by atoms with Gasteiger partial charge in [-0.3, -0.25) is 4.90 Å². The summed E-state index contributed by atoms with van der Waals surface area (Å²) in [7, 11) is -3.29. The van der Waals surface area contributed by atoms with Gasteiger partial charge in [-0.15, -0.1) is 0 Å². The Bertz CT molecular complexity index is 1170. The molecular weight excluding hydrogens is 500 g/mol. The summed E-state index contributed by atoms with van der Waals surface area (Å²) >= 11 is 0.967. The first-order valence-corrected chi connectivity index (χ1v) is 15.4. The van der Waals surface area contributed by atoms with Crippen LogP contribution in [0.5, 0.6) is 10.8 Å². The quantitative estimate of drug-likeness (QED) is 0.577. The number of rotatable bonds is 7. The molecule has 1 amide bonds. The van der Waals surface area contributed by atoms with Crippen molar-refractivity contribution in [1.82, 2.24) is 15.2 Å². The zero-order valence-electron chi connectivity index (χ0n) is 20.6. The fraction of sp³-hybridized carbons (Fsp3) is 0.600. The Morgan fingerprint density at radius 1 is 1.17 bits per heavy atom. The number of hydrogen-bond acceptors (Lipinski definition) is 9. The lowest BCUT2D eigenvalue weighted by atomic mass is 9.84. The normalized spacial score (nSPS) is 22.6. The molecule has 5 rings (SSSR count). The van der Waals surface area contributed by atoms with Crippen molar-refractivity contribution in [2.45, 2.75) is 48.8 Å². The van der Waals surface area contributed by atoms with E-state index in [-0.39, 0.29) is 10.3 Å². The maximum Gasteiger partial charge on any atom is 0.413 e. The number of anilines is 1. The molecule has 0 spiro atoms. The second-order valence-corrected chi connectivity index (χ2v) is 13.2. The van der Waals surface area contributed by atoms with Crippen molar-refractivity contribution in [1.29, 1.82) is 0 Å². The molecule has 0 atom stereocenters. The number of nitrogens with one attached hydrogen (secondary N) is 1. The van der Waals surface area contributed by atoms with E-state index in [1.807, 2.05) is 12.3 Å². The number of thiophene rings is 1. The molecule has 0 bridgehead atoms. The third kappa shape index (κ3) is 6.12. The molecule has 2 aromatic rings. The van der Waals surface area contributed by atoms with Crippen molar-refractivity contribution >= 4 is 33.1 Å². The molecule has 2 fully saturated rings. The molecule has 0 radical (unpaired) electrons. The number of sulfone groups is 1. The lowest BCUT2D eigenvalue weighted by molar-refractivity contribution is 0.183. The molecule has 9 nitrogen and oxygen atoms in total. The lowest BCUT2D eigenvalue weighted by Crippen LogP contribution is -2.47. The van der Waals surface area contributed by atoms with E-state index in [2.05, 4.69) is 20.1 Å². The Hall–Kier alpha value is -2.37. The summed E-state index contributed by atoms with van der Waals surface area (Å²) < 4.78 is 34.4. The maximum atomic E-state index is 12.2. The van der Waals surface area contributed by atoms with Crippen LogP contribution in [0.15, 0.2) is 28.6 Å². The van der Waals surface area contributed by atoms with Gasteiger partial charge in [0.25, 0.3) is 0 Å². The van der Waals surface area contributed by atoms with Gasteiger partial charge < -0.3 is 19.7 Å². The predicted molar refractivity (Wildman–Crippen MR) is 139 cm³/mol. The molecule has 11 heteroatoms. The fourth-order valence-corrected chi connectivity index (χ4v) is 7.11. The molecule has 0 unspecified atom stereocenters. The van der Waals surface area contributed by atoms with E-state index in [9.17, 15) is 13.2 Å². The van der Waals surface area contributed by atoms with E-state index in [0.29, 0.717) is 11.0 Å². The molecule has 2 aromatic heterocycles. The number of pyridine rings is 1. The monoisotopic (exact) mass is 534 g/mol. The molecule has 196 valence electrons. The molecule has 1 saturated heterocycles. The average Bonchev–Trinajstić information content (AvgIpc) is 3.53. The largest absolute Gasteiger partial charge is 0.493 e. The first-order chi connectivity index (χ1) is 17.3. The third-order valence-corrected chi connectivity index (χ3v) is 10.2. The topological polar surface area (TPSA) is 101 Å². The summed E-state index contributed by atoms with van der Waals surface area (Å²) in [5.41, 5.74) is 1.26. The van der Waals surface area contributed by atoms with E-state index >= 15 is 0 Å². The molecule has 1 saturated carbocycles. The van der Waals surface area contributed by atoms with Crippen molar-refractivity contribution in [3.05, 3.63) is 30.0 Å². The van der Waals surface area contributed by atoms with Crippen LogP contribution in [-0.4, -0.2) is 76.0 Å². The summed E-state index contributed by atoms with van der Waals surface area (Å²) in [5, 5.41) is 3.24. The number of nitrogens with zero attached hydrogens (tertiary/aromatic N) is 3. The number of piperazine rings is 1. The van der Waals surface area contributed by atoms with Gasteiger partial charge in [-0.05, 0) is 62.8 Å². The Balaban J connectivity index is 0.996. The van der Waals surface area contributed by atoms with Crippen molar-refractivity contribution in [2.75, 3.05) is 50.5 Å². The van der Waals surface area contributed by atoms with E-state index < -0.39 is 15.9 Å². The standard InChI is InChI=1S/C25H34N4O5S2/c1-36(31,32)23-7-6-22(35-23)34-25(30)27-19-4-2-18(3-5-19)9-12-28-13-15-29(16-14-28)24-20-10-17-33-21(20)8-11-26-24/h6-8,11,18-19H,2-5,9-10,12-17H2,1H3,(H,27,30)/t18-,19-. The van der Waals surface area contributed by atoms with Crippen LogP contribution in [0.25, 0.3) is 0 Å². The number of amides is 1. The lowest BCUT2D eigenvalue weighted by Gasteiger charge is -2.37. The molecular formula is C25H34N4O5S2. The zero-order chi connectivity index (χ0) is 25.1. The van der Waals surface area contributed by atoms with Gasteiger partial charge in [0.1, 0.15) is 15.8 Å². The molecule has 1 N–H and O–H groups in total. The summed E-state index contributed by atoms with van der Waals surface area (Å²) in [5.74, 6) is 2.78. The molecule has 36 heavy (non-hydrogen) atoms. The van der Waals surface area contributed by atoms with Crippen LogP contribution < -0.4 is 19.7 Å². The smallest absolute Gasteiger partial charge is 0.413 e. The summed E-state index contributed by atoms with van der Waals surface area (Å²) in [6.07, 6.45) is 8.71. The molecule has 0 aromatic carbocycles. The minimum Gasteiger partial charge on any atom is -0.493 e. The number of hydrogen-bond donors (Lipinski definition) is 1. The second kappa shape index (κ2) is 10.9.